The Hall–Kier alpha value is -1.24. The Kier molecular flexibility index (Phi) is 5.37. The first kappa shape index (κ1) is 17.6. The van der Waals surface area contributed by atoms with Gasteiger partial charge >= 0.3 is 0 Å². The van der Waals surface area contributed by atoms with Crippen LogP contribution in [-0.4, -0.2) is 48.8 Å². The second-order valence-corrected chi connectivity index (χ2v) is 6.72. The maximum Gasteiger partial charge on any atom is 0.149 e. The summed E-state index contributed by atoms with van der Waals surface area (Å²) >= 11 is 5.41. The van der Waals surface area contributed by atoms with E-state index in [1.165, 1.54) is 5.54 Å². The third-order valence-corrected chi connectivity index (χ3v) is 5.25. The van der Waals surface area contributed by atoms with Crippen molar-refractivity contribution in [1.82, 2.24) is 0 Å². The second-order valence-electron chi connectivity index (χ2n) is 6.47. The van der Waals surface area contributed by atoms with Crippen LogP contribution in [0.5, 0.6) is 0 Å². The minimum Gasteiger partial charge on any atom is -0.392 e. The molecule has 0 aromatic rings. The molecule has 3 rings (SSSR count). The number of ketones is 2. The Balaban J connectivity index is 1.67. The fourth-order valence-electron chi connectivity index (χ4n) is 3.77. The number of hydrogen-bond acceptors (Lipinski definition) is 6. The van der Waals surface area contributed by atoms with Gasteiger partial charge in [-0.15, -0.1) is 0 Å². The molecular weight excluding hydrogens is 334 g/mol. The van der Waals surface area contributed by atoms with Crippen molar-refractivity contribution >= 4 is 28.9 Å². The Morgan fingerprint density at radius 2 is 2.17 bits per heavy atom. The third kappa shape index (κ3) is 3.27. The van der Waals surface area contributed by atoms with Crippen LogP contribution in [0.3, 0.4) is 0 Å². The van der Waals surface area contributed by atoms with Gasteiger partial charge in [0.15, 0.2) is 0 Å². The molecule has 0 aromatic carbocycles. The predicted molar refractivity (Wildman–Crippen MR) is 87.9 cm³/mol. The van der Waals surface area contributed by atoms with Crippen LogP contribution >= 0.6 is 11.6 Å². The molecule has 3 aliphatic rings. The summed E-state index contributed by atoms with van der Waals surface area (Å²) in [5.41, 5.74) is 1.40. The number of fused-ring (bicyclic) bond motifs is 1. The molecule has 1 saturated carbocycles. The van der Waals surface area contributed by atoms with Crippen molar-refractivity contribution in [2.45, 2.75) is 44.3 Å². The molecule has 24 heavy (non-hydrogen) atoms. The van der Waals surface area contributed by atoms with Crippen LogP contribution in [0.15, 0.2) is 16.8 Å². The minimum atomic E-state index is -0.788. The summed E-state index contributed by atoms with van der Waals surface area (Å²) in [4.78, 5) is 30.4. The van der Waals surface area contributed by atoms with E-state index in [1.54, 1.807) is 6.08 Å². The molecule has 2 atom stereocenters. The van der Waals surface area contributed by atoms with Gasteiger partial charge in [0.25, 0.3) is 0 Å². The van der Waals surface area contributed by atoms with Crippen LogP contribution in [0.4, 0.5) is 0 Å². The van der Waals surface area contributed by atoms with Crippen LogP contribution in [0.25, 0.3) is 0 Å². The summed E-state index contributed by atoms with van der Waals surface area (Å²) in [5, 5.41) is 3.98. The molecule has 6 nitrogen and oxygen atoms in total. The van der Waals surface area contributed by atoms with E-state index in [0.717, 1.165) is 6.42 Å². The summed E-state index contributed by atoms with van der Waals surface area (Å²) in [6, 6.07) is 0. The molecular formula is C17H22ClNO5. The van der Waals surface area contributed by atoms with E-state index in [4.69, 9.17) is 25.9 Å². The van der Waals surface area contributed by atoms with Gasteiger partial charge in [-0.1, -0.05) is 23.7 Å². The lowest BCUT2D eigenvalue weighted by molar-refractivity contribution is -0.136. The summed E-state index contributed by atoms with van der Waals surface area (Å²) in [5.74, 6) is -1.06. The first-order valence-corrected chi connectivity index (χ1v) is 8.81. The number of nitrogens with zero attached hydrogens (tertiary/aromatic N) is 1. The van der Waals surface area contributed by atoms with Gasteiger partial charge in [-0.05, 0) is 18.9 Å². The molecule has 3 fully saturated rings. The average molecular weight is 356 g/mol. The van der Waals surface area contributed by atoms with Crippen molar-refractivity contribution in [3.63, 3.8) is 0 Å². The van der Waals surface area contributed by atoms with E-state index in [9.17, 15) is 9.59 Å². The monoisotopic (exact) mass is 355 g/mol. The summed E-state index contributed by atoms with van der Waals surface area (Å²) in [6.45, 7) is 3.24. The van der Waals surface area contributed by atoms with Crippen LogP contribution in [0.2, 0.25) is 0 Å². The highest BCUT2D eigenvalue weighted by Crippen LogP contribution is 2.51. The SMILES string of the molecule is CCC(=NOCC=CCl)C1C(=O)CC(C23COCCC2O3)CC1=O. The molecule has 2 heterocycles. The molecule has 0 aromatic heterocycles. The number of carbonyl (C=O) groups excluding carboxylic acids is 2. The topological polar surface area (TPSA) is 77.5 Å². The molecule has 1 aliphatic carbocycles. The lowest BCUT2D eigenvalue weighted by Crippen LogP contribution is -2.46. The second kappa shape index (κ2) is 7.33. The van der Waals surface area contributed by atoms with Gasteiger partial charge in [0.1, 0.15) is 29.7 Å². The number of halogens is 1. The van der Waals surface area contributed by atoms with Crippen molar-refractivity contribution in [3.8, 4) is 0 Å². The largest absolute Gasteiger partial charge is 0.392 e. The van der Waals surface area contributed by atoms with Gasteiger partial charge in [-0.3, -0.25) is 9.59 Å². The maximum absolute atomic E-state index is 12.6. The van der Waals surface area contributed by atoms with E-state index in [-0.39, 0.29) is 30.2 Å². The summed E-state index contributed by atoms with van der Waals surface area (Å²) in [7, 11) is 0. The van der Waals surface area contributed by atoms with Crippen molar-refractivity contribution in [2.75, 3.05) is 19.8 Å². The lowest BCUT2D eigenvalue weighted by Gasteiger charge is -2.32. The highest BCUT2D eigenvalue weighted by atomic mass is 35.5. The first-order valence-electron chi connectivity index (χ1n) is 8.37. The van der Waals surface area contributed by atoms with Crippen molar-refractivity contribution < 1.29 is 23.9 Å². The maximum atomic E-state index is 12.6. The van der Waals surface area contributed by atoms with Gasteiger partial charge in [-0.25, -0.2) is 0 Å². The molecule has 7 heteroatoms. The predicted octanol–water partition coefficient (Wildman–Crippen LogP) is 2.24. The zero-order valence-electron chi connectivity index (χ0n) is 13.7. The van der Waals surface area contributed by atoms with E-state index in [2.05, 4.69) is 5.16 Å². The number of rotatable bonds is 6. The zero-order chi connectivity index (χ0) is 17.2. The molecule has 0 bridgehead atoms. The number of oxime groups is 1. The highest BCUT2D eigenvalue weighted by molar-refractivity contribution is 6.25. The molecule has 0 radical (unpaired) electrons. The quantitative estimate of drug-likeness (QED) is 0.240. The van der Waals surface area contributed by atoms with Gasteiger partial charge in [0.05, 0.1) is 18.4 Å². The Morgan fingerprint density at radius 3 is 2.79 bits per heavy atom. The Labute approximate surface area is 146 Å². The Bertz CT molecular complexity index is 557. The van der Waals surface area contributed by atoms with E-state index < -0.39 is 11.5 Å². The molecule has 0 amide bonds. The van der Waals surface area contributed by atoms with Crippen LogP contribution in [0, 0.1) is 11.8 Å². The Morgan fingerprint density at radius 1 is 1.42 bits per heavy atom. The summed E-state index contributed by atoms with van der Waals surface area (Å²) in [6.07, 6.45) is 3.72. The molecule has 2 saturated heterocycles. The highest BCUT2D eigenvalue weighted by Gasteiger charge is 2.64. The summed E-state index contributed by atoms with van der Waals surface area (Å²) < 4.78 is 11.3. The van der Waals surface area contributed by atoms with Gasteiger partial charge in [0.2, 0.25) is 0 Å². The fraction of sp³-hybridized carbons (Fsp3) is 0.706. The number of hydrogen-bond donors (Lipinski definition) is 0. The standard InChI is InChI=1S/C17H22ClNO5/c1-2-12(19-23-6-3-5-18)16-13(20)8-11(9-14(16)21)17-10-22-7-4-15(17)24-17/h3,5,11,15-16H,2,4,6-10H2,1H3. The van der Waals surface area contributed by atoms with E-state index >= 15 is 0 Å². The number of Topliss-reactive ketones (excluding diaryl/α,β-unsaturated/α-hetero) is 2. The average Bonchev–Trinajstić information content (AvgIpc) is 3.32. The molecule has 2 aliphatic heterocycles. The van der Waals surface area contributed by atoms with Gasteiger partial charge in [-0.2, -0.15) is 0 Å². The van der Waals surface area contributed by atoms with E-state index in [0.29, 0.717) is 38.2 Å². The first-order chi connectivity index (χ1) is 11.6. The van der Waals surface area contributed by atoms with Crippen molar-refractivity contribution in [2.24, 2.45) is 17.0 Å². The van der Waals surface area contributed by atoms with Crippen molar-refractivity contribution in [3.05, 3.63) is 11.6 Å². The van der Waals surface area contributed by atoms with Crippen LogP contribution < -0.4 is 0 Å². The van der Waals surface area contributed by atoms with Crippen LogP contribution in [0.1, 0.15) is 32.6 Å². The third-order valence-electron chi connectivity index (χ3n) is 5.07. The fourth-order valence-corrected chi connectivity index (χ4v) is 3.84. The number of epoxide rings is 1. The molecule has 0 N–H and O–H groups in total. The normalized spacial score (nSPS) is 36.8. The molecule has 0 spiro atoms. The molecule has 2 unspecified atom stereocenters. The van der Waals surface area contributed by atoms with E-state index in [1.807, 2.05) is 6.92 Å². The lowest BCUT2D eigenvalue weighted by atomic mass is 9.71. The molecule has 132 valence electrons. The van der Waals surface area contributed by atoms with Crippen LogP contribution in [-0.2, 0) is 23.9 Å². The zero-order valence-corrected chi connectivity index (χ0v) is 14.5. The number of carbonyl (C=O) groups is 2. The van der Waals surface area contributed by atoms with Gasteiger partial charge in [0, 0.05) is 30.9 Å². The smallest absolute Gasteiger partial charge is 0.149 e. The van der Waals surface area contributed by atoms with Gasteiger partial charge < -0.3 is 14.3 Å². The van der Waals surface area contributed by atoms with Crippen molar-refractivity contribution in [1.29, 1.82) is 0 Å². The number of ether oxygens (including phenoxy) is 2. The minimum absolute atomic E-state index is 0.0859.